The fourth-order valence-electron chi connectivity index (χ4n) is 3.61. The summed E-state index contributed by atoms with van der Waals surface area (Å²) in [6.07, 6.45) is 2.90. The molecule has 2 aliphatic rings. The molecule has 0 bridgehead atoms. The van der Waals surface area contributed by atoms with Crippen LogP contribution in [0, 0.1) is 11.7 Å². The predicted molar refractivity (Wildman–Crippen MR) is 82.7 cm³/mol. The zero-order valence-electron chi connectivity index (χ0n) is 12.2. The summed E-state index contributed by atoms with van der Waals surface area (Å²) in [5.41, 5.74) is 0.858. The number of hydrogen-bond donors (Lipinski definition) is 1. The number of rotatable bonds is 3. The number of halogens is 2. The van der Waals surface area contributed by atoms with Crippen LogP contribution in [-0.2, 0) is 9.47 Å². The monoisotopic (exact) mass is 357 g/mol. The molecule has 0 radical (unpaired) electrons. The van der Waals surface area contributed by atoms with Crippen LogP contribution >= 0.6 is 15.9 Å². The number of ether oxygens (including phenoxy) is 2. The number of hydrogen-bond acceptors (Lipinski definition) is 3. The van der Waals surface area contributed by atoms with Crippen molar-refractivity contribution in [2.75, 3.05) is 26.9 Å². The van der Waals surface area contributed by atoms with Crippen LogP contribution in [0.15, 0.2) is 22.7 Å². The van der Waals surface area contributed by atoms with Crippen molar-refractivity contribution < 1.29 is 13.9 Å². The molecule has 0 amide bonds. The molecule has 0 saturated carbocycles. The summed E-state index contributed by atoms with van der Waals surface area (Å²) < 4.78 is 26.1. The minimum absolute atomic E-state index is 0.122. The summed E-state index contributed by atoms with van der Waals surface area (Å²) in [7, 11) is 1.94. The lowest BCUT2D eigenvalue weighted by molar-refractivity contribution is -0.103. The third-order valence-electron chi connectivity index (χ3n) is 4.67. The summed E-state index contributed by atoms with van der Waals surface area (Å²) in [6.45, 7) is 2.21. The Balaban J connectivity index is 1.84. The predicted octanol–water partition coefficient (Wildman–Crippen LogP) is 3.43. The highest BCUT2D eigenvalue weighted by Gasteiger charge is 2.43. The highest BCUT2D eigenvalue weighted by atomic mass is 79.9. The van der Waals surface area contributed by atoms with Crippen molar-refractivity contribution in [1.82, 2.24) is 5.32 Å². The van der Waals surface area contributed by atoms with E-state index in [2.05, 4.69) is 21.2 Å². The fraction of sp³-hybridized carbons (Fsp3) is 0.625. The maximum absolute atomic E-state index is 13.6. The van der Waals surface area contributed by atoms with E-state index in [1.165, 1.54) is 6.07 Å². The Hall–Kier alpha value is -0.490. The average molecular weight is 358 g/mol. The molecule has 3 nitrogen and oxygen atoms in total. The lowest BCUT2D eigenvalue weighted by Gasteiger charge is -2.40. The van der Waals surface area contributed by atoms with Crippen LogP contribution in [0.5, 0.6) is 0 Å². The van der Waals surface area contributed by atoms with E-state index in [0.717, 1.165) is 42.5 Å². The van der Waals surface area contributed by atoms with Crippen molar-refractivity contribution >= 4 is 15.9 Å². The first-order valence-corrected chi connectivity index (χ1v) is 8.27. The van der Waals surface area contributed by atoms with Crippen LogP contribution in [0.25, 0.3) is 0 Å². The Bertz CT molecular complexity index is 505. The van der Waals surface area contributed by atoms with Gasteiger partial charge in [-0.25, -0.2) is 4.39 Å². The first-order valence-electron chi connectivity index (χ1n) is 7.47. The first kappa shape index (κ1) is 15.4. The highest BCUT2D eigenvalue weighted by Crippen LogP contribution is 2.42. The molecule has 0 aromatic heterocycles. The third kappa shape index (κ3) is 3.16. The maximum atomic E-state index is 13.6. The van der Waals surface area contributed by atoms with Crippen molar-refractivity contribution in [2.45, 2.75) is 30.9 Å². The van der Waals surface area contributed by atoms with Crippen LogP contribution < -0.4 is 5.32 Å². The Morgan fingerprint density at radius 1 is 1.43 bits per heavy atom. The minimum atomic E-state index is -0.195. The second-order valence-electron chi connectivity index (χ2n) is 6.02. The van der Waals surface area contributed by atoms with E-state index in [4.69, 9.17) is 9.47 Å². The zero-order valence-corrected chi connectivity index (χ0v) is 13.8. The van der Waals surface area contributed by atoms with Gasteiger partial charge in [0.1, 0.15) is 5.82 Å². The topological polar surface area (TPSA) is 30.5 Å². The molecule has 1 spiro atoms. The Labute approximate surface area is 133 Å². The van der Waals surface area contributed by atoms with Gasteiger partial charge in [0.15, 0.2) is 0 Å². The van der Waals surface area contributed by atoms with E-state index >= 15 is 0 Å². The molecule has 2 saturated heterocycles. The van der Waals surface area contributed by atoms with Gasteiger partial charge in [0.05, 0.1) is 12.2 Å². The van der Waals surface area contributed by atoms with E-state index in [-0.39, 0.29) is 17.5 Å². The van der Waals surface area contributed by atoms with Gasteiger partial charge in [-0.05, 0) is 49.6 Å². The van der Waals surface area contributed by atoms with Gasteiger partial charge < -0.3 is 14.8 Å². The summed E-state index contributed by atoms with van der Waals surface area (Å²) in [6, 6.07) is 5.01. The highest BCUT2D eigenvalue weighted by molar-refractivity contribution is 9.10. The largest absolute Gasteiger partial charge is 0.378 e. The molecule has 3 unspecified atom stereocenters. The Morgan fingerprint density at radius 3 is 3.00 bits per heavy atom. The van der Waals surface area contributed by atoms with Crippen LogP contribution in [0.1, 0.15) is 30.9 Å². The fourth-order valence-corrected chi connectivity index (χ4v) is 4.10. The maximum Gasteiger partial charge on any atom is 0.123 e. The number of benzene rings is 1. The SMILES string of the molecule is CNC(c1cc(F)ccc1Br)C1CCOC2(CCOC2)C1. The van der Waals surface area contributed by atoms with Crippen LogP contribution in [0.4, 0.5) is 4.39 Å². The van der Waals surface area contributed by atoms with E-state index in [0.29, 0.717) is 12.5 Å². The summed E-state index contributed by atoms with van der Waals surface area (Å²) >= 11 is 3.55. The normalized spacial score (nSPS) is 30.7. The molecule has 3 atom stereocenters. The van der Waals surface area contributed by atoms with Crippen LogP contribution in [0.3, 0.4) is 0 Å². The van der Waals surface area contributed by atoms with Gasteiger partial charge in [-0.15, -0.1) is 0 Å². The van der Waals surface area contributed by atoms with Gasteiger partial charge in [-0.1, -0.05) is 15.9 Å². The molecule has 2 heterocycles. The molecule has 0 aliphatic carbocycles. The average Bonchev–Trinajstić information content (AvgIpc) is 2.91. The minimum Gasteiger partial charge on any atom is -0.378 e. The summed E-state index contributed by atoms with van der Waals surface area (Å²) in [5, 5.41) is 3.37. The Kier molecular flexibility index (Phi) is 4.64. The quantitative estimate of drug-likeness (QED) is 0.898. The molecule has 5 heteroatoms. The smallest absolute Gasteiger partial charge is 0.123 e. The van der Waals surface area contributed by atoms with Crippen molar-refractivity contribution in [1.29, 1.82) is 0 Å². The van der Waals surface area contributed by atoms with E-state index in [1.54, 1.807) is 12.1 Å². The molecular weight excluding hydrogens is 337 g/mol. The Morgan fingerprint density at radius 2 is 2.29 bits per heavy atom. The van der Waals surface area contributed by atoms with Crippen LogP contribution in [-0.4, -0.2) is 32.5 Å². The lowest BCUT2D eigenvalue weighted by Crippen LogP contribution is -2.43. The summed E-state index contributed by atoms with van der Waals surface area (Å²) in [5.74, 6) is 0.225. The van der Waals surface area contributed by atoms with Gasteiger partial charge >= 0.3 is 0 Å². The van der Waals surface area contributed by atoms with E-state index < -0.39 is 0 Å². The molecule has 3 rings (SSSR count). The van der Waals surface area contributed by atoms with Gasteiger partial charge in [-0.3, -0.25) is 0 Å². The summed E-state index contributed by atoms with van der Waals surface area (Å²) in [4.78, 5) is 0. The van der Waals surface area contributed by atoms with Crippen LogP contribution in [0.2, 0.25) is 0 Å². The zero-order chi connectivity index (χ0) is 14.9. The van der Waals surface area contributed by atoms with Gasteiger partial charge in [0.25, 0.3) is 0 Å². The van der Waals surface area contributed by atoms with Gasteiger partial charge in [0.2, 0.25) is 0 Å². The van der Waals surface area contributed by atoms with Crippen molar-refractivity contribution in [3.63, 3.8) is 0 Å². The van der Waals surface area contributed by atoms with Crippen molar-refractivity contribution in [3.8, 4) is 0 Å². The number of nitrogens with one attached hydrogen (secondary N) is 1. The van der Waals surface area contributed by atoms with Gasteiger partial charge in [0, 0.05) is 30.1 Å². The molecule has 1 aromatic rings. The van der Waals surface area contributed by atoms with E-state index in [1.807, 2.05) is 7.05 Å². The first-order chi connectivity index (χ1) is 10.1. The van der Waals surface area contributed by atoms with Crippen molar-refractivity contribution in [3.05, 3.63) is 34.1 Å². The van der Waals surface area contributed by atoms with Crippen molar-refractivity contribution in [2.24, 2.45) is 5.92 Å². The molecule has 2 aliphatic heterocycles. The second-order valence-corrected chi connectivity index (χ2v) is 6.87. The molecule has 21 heavy (non-hydrogen) atoms. The van der Waals surface area contributed by atoms with E-state index in [9.17, 15) is 4.39 Å². The van der Waals surface area contributed by atoms with Gasteiger partial charge in [-0.2, -0.15) is 0 Å². The molecule has 1 N–H and O–H groups in total. The molecular formula is C16H21BrFNO2. The second kappa shape index (κ2) is 6.32. The lowest BCUT2D eigenvalue weighted by atomic mass is 9.79. The third-order valence-corrected chi connectivity index (χ3v) is 5.40. The standard InChI is InChI=1S/C16H21BrFNO2/c1-19-15(13-8-12(18)2-3-14(13)17)11-4-6-21-16(9-11)5-7-20-10-16/h2-3,8,11,15,19H,4-7,9-10H2,1H3. The molecule has 2 fully saturated rings. The molecule has 116 valence electrons. The molecule has 1 aromatic carbocycles.